The Morgan fingerprint density at radius 3 is 3.06 bits per heavy atom. The lowest BCUT2D eigenvalue weighted by Crippen LogP contribution is -2.28. The van der Waals surface area contributed by atoms with Crippen LogP contribution < -0.4 is 5.73 Å². The summed E-state index contributed by atoms with van der Waals surface area (Å²) in [5, 5.41) is 0. The second-order valence-electron chi connectivity index (χ2n) is 5.56. The van der Waals surface area contributed by atoms with Gasteiger partial charge in [-0.15, -0.1) is 0 Å². The van der Waals surface area contributed by atoms with Crippen molar-refractivity contribution < 1.29 is 4.74 Å². The molecule has 0 radical (unpaired) electrons. The number of hydrogen-bond acceptors (Lipinski definition) is 4. The number of rotatable bonds is 5. The van der Waals surface area contributed by atoms with Gasteiger partial charge in [0.25, 0.3) is 0 Å². The highest BCUT2D eigenvalue weighted by molar-refractivity contribution is 7.99. The third-order valence-electron chi connectivity index (χ3n) is 3.66. The van der Waals surface area contributed by atoms with E-state index < -0.39 is 0 Å². The van der Waals surface area contributed by atoms with Gasteiger partial charge in [0.2, 0.25) is 0 Å². The van der Waals surface area contributed by atoms with E-state index in [1.807, 2.05) is 24.3 Å². The van der Waals surface area contributed by atoms with E-state index in [4.69, 9.17) is 10.5 Å². The zero-order valence-electron chi connectivity index (χ0n) is 11.4. The molecule has 4 nitrogen and oxygen atoms in total. The van der Waals surface area contributed by atoms with Crippen LogP contribution in [0.5, 0.6) is 0 Å². The molecule has 0 aliphatic carbocycles. The maximum atomic E-state index is 6.36. The van der Waals surface area contributed by atoms with E-state index >= 15 is 0 Å². The van der Waals surface area contributed by atoms with Gasteiger partial charge < -0.3 is 15.0 Å². The van der Waals surface area contributed by atoms with Gasteiger partial charge in [-0.25, -0.2) is 4.98 Å². The fraction of sp³-hybridized carbons (Fsp3) is 0.769. The lowest BCUT2D eigenvalue weighted by molar-refractivity contribution is 0.180. The van der Waals surface area contributed by atoms with Gasteiger partial charge in [-0.05, 0) is 26.5 Å². The summed E-state index contributed by atoms with van der Waals surface area (Å²) in [5.74, 6) is 0.429. The topological polar surface area (TPSA) is 53.1 Å². The number of hydrogen-bond donors (Lipinski definition) is 1. The van der Waals surface area contributed by atoms with Crippen LogP contribution in [0.1, 0.15) is 32.0 Å². The summed E-state index contributed by atoms with van der Waals surface area (Å²) in [7, 11) is 0. The van der Waals surface area contributed by atoms with Crippen molar-refractivity contribution in [2.24, 2.45) is 11.7 Å². The quantitative estimate of drug-likeness (QED) is 0.889. The molecule has 0 bridgehead atoms. The Morgan fingerprint density at radius 2 is 2.44 bits per heavy atom. The SMILES string of the molecule is CSC(C)(C)Cn1cncc1C(N)C1CCOC1. The maximum absolute atomic E-state index is 6.36. The molecule has 1 saturated heterocycles. The summed E-state index contributed by atoms with van der Waals surface area (Å²) in [6.07, 6.45) is 6.99. The molecule has 1 aromatic heterocycles. The van der Waals surface area contributed by atoms with Gasteiger partial charge in [-0.3, -0.25) is 0 Å². The van der Waals surface area contributed by atoms with Crippen molar-refractivity contribution in [1.29, 1.82) is 0 Å². The number of aromatic nitrogens is 2. The van der Waals surface area contributed by atoms with Crippen molar-refractivity contribution in [3.63, 3.8) is 0 Å². The molecular formula is C13H23N3OS. The first-order valence-electron chi connectivity index (χ1n) is 6.42. The first-order valence-corrected chi connectivity index (χ1v) is 7.64. The second kappa shape index (κ2) is 5.63. The molecule has 0 spiro atoms. The van der Waals surface area contributed by atoms with E-state index in [0.29, 0.717) is 5.92 Å². The molecule has 0 amide bonds. The molecule has 5 heteroatoms. The van der Waals surface area contributed by atoms with Crippen LogP contribution in [0.25, 0.3) is 0 Å². The standard InChI is InChI=1S/C13H23N3OS/c1-13(2,18-3)8-16-9-15-6-11(16)12(14)10-4-5-17-7-10/h6,9-10,12H,4-5,7-8,14H2,1-3H3. The second-order valence-corrected chi connectivity index (χ2v) is 7.07. The first-order chi connectivity index (χ1) is 8.53. The molecule has 18 heavy (non-hydrogen) atoms. The first kappa shape index (κ1) is 13.9. The van der Waals surface area contributed by atoms with E-state index in [1.165, 1.54) is 0 Å². The molecular weight excluding hydrogens is 246 g/mol. The van der Waals surface area contributed by atoms with E-state index in [2.05, 4.69) is 29.7 Å². The predicted octanol–water partition coefficient (Wildman–Crippen LogP) is 2.06. The average molecular weight is 269 g/mol. The molecule has 2 rings (SSSR count). The zero-order chi connectivity index (χ0) is 13.2. The fourth-order valence-corrected chi connectivity index (χ4v) is 2.56. The summed E-state index contributed by atoms with van der Waals surface area (Å²) in [4.78, 5) is 4.27. The van der Waals surface area contributed by atoms with Gasteiger partial charge in [0.1, 0.15) is 0 Å². The maximum Gasteiger partial charge on any atom is 0.0949 e. The summed E-state index contributed by atoms with van der Waals surface area (Å²) in [6, 6.07) is 0.0349. The molecule has 2 atom stereocenters. The molecule has 1 aliphatic heterocycles. The van der Waals surface area contributed by atoms with Crippen molar-refractivity contribution in [1.82, 2.24) is 9.55 Å². The third kappa shape index (κ3) is 3.08. The Kier molecular flexibility index (Phi) is 4.35. The number of nitrogens with two attached hydrogens (primary N) is 1. The monoisotopic (exact) mass is 269 g/mol. The van der Waals surface area contributed by atoms with Gasteiger partial charge >= 0.3 is 0 Å². The lowest BCUT2D eigenvalue weighted by Gasteiger charge is -2.26. The highest BCUT2D eigenvalue weighted by Crippen LogP contribution is 2.29. The van der Waals surface area contributed by atoms with Crippen LogP contribution in [-0.2, 0) is 11.3 Å². The molecule has 0 saturated carbocycles. The van der Waals surface area contributed by atoms with Crippen molar-refractivity contribution in [3.8, 4) is 0 Å². The Labute approximate surface area is 113 Å². The number of nitrogens with zero attached hydrogens (tertiary/aromatic N) is 2. The predicted molar refractivity (Wildman–Crippen MR) is 75.7 cm³/mol. The van der Waals surface area contributed by atoms with Crippen LogP contribution in [0.4, 0.5) is 0 Å². The molecule has 2 heterocycles. The van der Waals surface area contributed by atoms with Crippen LogP contribution in [0, 0.1) is 5.92 Å². The van der Waals surface area contributed by atoms with Crippen molar-refractivity contribution >= 4 is 11.8 Å². The Hall–Kier alpha value is -0.520. The van der Waals surface area contributed by atoms with Gasteiger partial charge in [0.15, 0.2) is 0 Å². The highest BCUT2D eigenvalue weighted by atomic mass is 32.2. The van der Waals surface area contributed by atoms with Crippen molar-refractivity contribution in [3.05, 3.63) is 18.2 Å². The average Bonchev–Trinajstić information content (AvgIpc) is 2.98. The van der Waals surface area contributed by atoms with Crippen LogP contribution in [0.3, 0.4) is 0 Å². The molecule has 1 aromatic rings. The largest absolute Gasteiger partial charge is 0.381 e. The lowest BCUT2D eigenvalue weighted by atomic mass is 9.97. The van der Waals surface area contributed by atoms with E-state index in [0.717, 1.165) is 31.9 Å². The minimum absolute atomic E-state index is 0.0349. The number of imidazole rings is 1. The molecule has 1 aliphatic rings. The summed E-state index contributed by atoms with van der Waals surface area (Å²) in [6.45, 7) is 7.03. The minimum atomic E-state index is 0.0349. The van der Waals surface area contributed by atoms with Gasteiger partial charge in [0, 0.05) is 30.0 Å². The van der Waals surface area contributed by atoms with Gasteiger partial charge in [-0.1, -0.05) is 0 Å². The minimum Gasteiger partial charge on any atom is -0.381 e. The molecule has 2 N–H and O–H groups in total. The smallest absolute Gasteiger partial charge is 0.0949 e. The Bertz CT molecular complexity index is 385. The Morgan fingerprint density at radius 1 is 1.67 bits per heavy atom. The van der Waals surface area contributed by atoms with Crippen LogP contribution in [0.2, 0.25) is 0 Å². The van der Waals surface area contributed by atoms with Gasteiger partial charge in [-0.2, -0.15) is 11.8 Å². The molecule has 0 aromatic carbocycles. The normalized spacial score (nSPS) is 22.3. The highest BCUT2D eigenvalue weighted by Gasteiger charge is 2.27. The van der Waals surface area contributed by atoms with Crippen LogP contribution >= 0.6 is 11.8 Å². The number of ether oxygens (including phenoxy) is 1. The third-order valence-corrected chi connectivity index (χ3v) is 4.90. The molecule has 1 fully saturated rings. The van der Waals surface area contributed by atoms with Crippen molar-refractivity contribution in [2.75, 3.05) is 19.5 Å². The summed E-state index contributed by atoms with van der Waals surface area (Å²) in [5.41, 5.74) is 7.49. The van der Waals surface area contributed by atoms with Crippen molar-refractivity contribution in [2.45, 2.75) is 37.6 Å². The molecule has 102 valence electrons. The van der Waals surface area contributed by atoms with Crippen LogP contribution in [-0.4, -0.2) is 33.8 Å². The van der Waals surface area contributed by atoms with E-state index in [9.17, 15) is 0 Å². The van der Waals surface area contributed by atoms with E-state index in [-0.39, 0.29) is 10.8 Å². The van der Waals surface area contributed by atoms with Gasteiger partial charge in [0.05, 0.1) is 24.7 Å². The summed E-state index contributed by atoms with van der Waals surface area (Å²) < 4.78 is 7.81. The summed E-state index contributed by atoms with van der Waals surface area (Å²) >= 11 is 1.86. The fourth-order valence-electron chi connectivity index (χ4n) is 2.29. The van der Waals surface area contributed by atoms with Crippen LogP contribution in [0.15, 0.2) is 12.5 Å². The Balaban J connectivity index is 2.11. The molecule has 2 unspecified atom stereocenters. The van der Waals surface area contributed by atoms with E-state index in [1.54, 1.807) is 0 Å². The number of thioether (sulfide) groups is 1. The zero-order valence-corrected chi connectivity index (χ0v) is 12.2.